The van der Waals surface area contributed by atoms with Crippen molar-refractivity contribution in [1.29, 1.82) is 0 Å². The molecule has 3 nitrogen and oxygen atoms in total. The van der Waals surface area contributed by atoms with E-state index in [0.29, 0.717) is 18.1 Å². The Morgan fingerprint density at radius 1 is 1.39 bits per heavy atom. The van der Waals surface area contributed by atoms with Crippen LogP contribution in [0.15, 0.2) is 23.2 Å². The van der Waals surface area contributed by atoms with Gasteiger partial charge in [-0.2, -0.15) is 0 Å². The molecule has 98 valence electrons. The van der Waals surface area contributed by atoms with Gasteiger partial charge in [-0.05, 0) is 31.0 Å². The maximum atomic E-state index is 13.4. The lowest BCUT2D eigenvalue weighted by atomic mass is 9.91. The summed E-state index contributed by atoms with van der Waals surface area (Å²) in [5, 5.41) is 0. The summed E-state index contributed by atoms with van der Waals surface area (Å²) in [7, 11) is 0. The number of nitrogens with zero attached hydrogens (tertiary/aromatic N) is 2. The maximum absolute atomic E-state index is 13.4. The molecule has 0 amide bonds. The number of aliphatic imine (C=N–C) groups is 1. The zero-order valence-electron chi connectivity index (χ0n) is 10.6. The summed E-state index contributed by atoms with van der Waals surface area (Å²) in [5.74, 6) is -1.21. The third-order valence-electron chi connectivity index (χ3n) is 3.41. The molecule has 5 heteroatoms. The second-order valence-electron chi connectivity index (χ2n) is 4.73. The summed E-state index contributed by atoms with van der Waals surface area (Å²) in [5.41, 5.74) is 6.06. The molecular weight excluding hydrogens is 236 g/mol. The van der Waals surface area contributed by atoms with Crippen LogP contribution in [0.1, 0.15) is 25.8 Å². The van der Waals surface area contributed by atoms with E-state index in [-0.39, 0.29) is 0 Å². The smallest absolute Gasteiger partial charge is 0.192 e. The van der Waals surface area contributed by atoms with Gasteiger partial charge in [0.2, 0.25) is 0 Å². The van der Waals surface area contributed by atoms with E-state index in [1.807, 2.05) is 18.7 Å². The summed E-state index contributed by atoms with van der Waals surface area (Å²) >= 11 is 0. The normalized spacial score (nSPS) is 23.3. The first-order valence-corrected chi connectivity index (χ1v) is 6.02. The predicted molar refractivity (Wildman–Crippen MR) is 67.2 cm³/mol. The second-order valence-corrected chi connectivity index (χ2v) is 4.73. The van der Waals surface area contributed by atoms with Crippen molar-refractivity contribution >= 4 is 5.96 Å². The van der Waals surface area contributed by atoms with Crippen LogP contribution < -0.4 is 5.73 Å². The Hall–Kier alpha value is -1.65. The first-order chi connectivity index (χ1) is 8.49. The maximum Gasteiger partial charge on any atom is 0.192 e. The Labute approximate surface area is 105 Å². The number of nitrogens with two attached hydrogens (primary N) is 1. The summed E-state index contributed by atoms with van der Waals surface area (Å²) < 4.78 is 26.3. The van der Waals surface area contributed by atoms with Gasteiger partial charge >= 0.3 is 0 Å². The molecule has 0 fully saturated rings. The van der Waals surface area contributed by atoms with E-state index < -0.39 is 17.2 Å². The van der Waals surface area contributed by atoms with Gasteiger partial charge in [0.25, 0.3) is 0 Å². The van der Waals surface area contributed by atoms with Crippen LogP contribution in [0.2, 0.25) is 0 Å². The monoisotopic (exact) mass is 253 g/mol. The van der Waals surface area contributed by atoms with E-state index in [0.717, 1.165) is 19.0 Å². The molecular formula is C13H17F2N3. The van der Waals surface area contributed by atoms with E-state index in [9.17, 15) is 8.78 Å². The van der Waals surface area contributed by atoms with Crippen LogP contribution in [0.4, 0.5) is 8.78 Å². The summed E-state index contributed by atoms with van der Waals surface area (Å²) in [6.45, 7) is 5.19. The number of rotatable bonds is 3. The van der Waals surface area contributed by atoms with E-state index in [4.69, 9.17) is 5.73 Å². The zero-order valence-corrected chi connectivity index (χ0v) is 10.6. The molecule has 1 atom stereocenters. The van der Waals surface area contributed by atoms with E-state index in [2.05, 4.69) is 4.99 Å². The average Bonchev–Trinajstić information content (AvgIpc) is 2.62. The van der Waals surface area contributed by atoms with Crippen molar-refractivity contribution in [3.8, 4) is 0 Å². The highest BCUT2D eigenvalue weighted by atomic mass is 19.2. The lowest BCUT2D eigenvalue weighted by molar-refractivity contribution is 0.224. The van der Waals surface area contributed by atoms with Crippen molar-refractivity contribution in [3.63, 3.8) is 0 Å². The number of guanidine groups is 1. The van der Waals surface area contributed by atoms with E-state index >= 15 is 0 Å². The first kappa shape index (κ1) is 12.8. The van der Waals surface area contributed by atoms with Gasteiger partial charge < -0.3 is 10.6 Å². The third-order valence-corrected chi connectivity index (χ3v) is 3.41. The highest BCUT2D eigenvalue weighted by molar-refractivity contribution is 5.81. The first-order valence-electron chi connectivity index (χ1n) is 6.02. The third kappa shape index (κ3) is 1.94. The molecule has 0 bridgehead atoms. The number of hydrogen-bond donors (Lipinski definition) is 1. The minimum Gasteiger partial charge on any atom is -0.370 e. The van der Waals surface area contributed by atoms with Crippen LogP contribution in [0.3, 0.4) is 0 Å². The van der Waals surface area contributed by atoms with Gasteiger partial charge in [0.05, 0.1) is 12.1 Å². The molecule has 0 saturated carbocycles. The van der Waals surface area contributed by atoms with Crippen molar-refractivity contribution in [1.82, 2.24) is 4.90 Å². The molecule has 1 aliphatic rings. The molecule has 0 saturated heterocycles. The Morgan fingerprint density at radius 3 is 2.72 bits per heavy atom. The molecule has 0 aliphatic carbocycles. The number of halogens is 2. The fourth-order valence-corrected chi connectivity index (χ4v) is 2.32. The van der Waals surface area contributed by atoms with Crippen molar-refractivity contribution in [3.05, 3.63) is 35.4 Å². The molecule has 1 aromatic carbocycles. The van der Waals surface area contributed by atoms with Crippen molar-refractivity contribution in [2.45, 2.75) is 25.8 Å². The predicted octanol–water partition coefficient (Wildman–Crippen LogP) is 2.22. The molecule has 2 rings (SSSR count). The van der Waals surface area contributed by atoms with Gasteiger partial charge in [0.15, 0.2) is 17.6 Å². The molecule has 1 heterocycles. The molecule has 2 N–H and O–H groups in total. The van der Waals surface area contributed by atoms with Crippen LogP contribution >= 0.6 is 0 Å². The van der Waals surface area contributed by atoms with Crippen LogP contribution in [0.5, 0.6) is 0 Å². The fraction of sp³-hybridized carbons (Fsp3) is 0.462. The van der Waals surface area contributed by atoms with Crippen molar-refractivity contribution in [2.24, 2.45) is 10.7 Å². The van der Waals surface area contributed by atoms with Crippen LogP contribution in [-0.4, -0.2) is 23.9 Å². The number of hydrogen-bond acceptors (Lipinski definition) is 3. The summed E-state index contributed by atoms with van der Waals surface area (Å²) in [4.78, 5) is 6.17. The second kappa shape index (κ2) is 4.55. The van der Waals surface area contributed by atoms with Crippen LogP contribution in [0.25, 0.3) is 0 Å². The molecule has 0 spiro atoms. The number of benzene rings is 1. The summed E-state index contributed by atoms with van der Waals surface area (Å²) in [6.07, 6.45) is 0.912. The molecule has 18 heavy (non-hydrogen) atoms. The van der Waals surface area contributed by atoms with Gasteiger partial charge in [0.1, 0.15) is 0 Å². The van der Waals surface area contributed by atoms with Crippen molar-refractivity contribution < 1.29 is 8.78 Å². The van der Waals surface area contributed by atoms with Gasteiger partial charge in [-0.15, -0.1) is 0 Å². The van der Waals surface area contributed by atoms with Crippen LogP contribution in [-0.2, 0) is 5.54 Å². The average molecular weight is 253 g/mol. The molecule has 1 aromatic rings. The van der Waals surface area contributed by atoms with Crippen molar-refractivity contribution in [2.75, 3.05) is 13.1 Å². The minimum absolute atomic E-state index is 0.462. The topological polar surface area (TPSA) is 41.6 Å². The van der Waals surface area contributed by atoms with Crippen LogP contribution in [0, 0.1) is 11.6 Å². The van der Waals surface area contributed by atoms with Gasteiger partial charge in [-0.1, -0.05) is 13.0 Å². The molecule has 1 unspecified atom stereocenters. The fourth-order valence-electron chi connectivity index (χ4n) is 2.32. The SMILES string of the molecule is CCCN1C(N)=NCC1(C)c1ccc(F)c(F)c1. The highest BCUT2D eigenvalue weighted by Gasteiger charge is 2.39. The zero-order chi connectivity index (χ0) is 13.3. The standard InChI is InChI=1S/C13H17F2N3/c1-3-6-18-12(16)17-8-13(18,2)9-4-5-10(14)11(15)7-9/h4-5,7H,3,6,8H2,1-2H3,(H2,16,17). The van der Waals surface area contributed by atoms with E-state index in [1.165, 1.54) is 6.07 Å². The summed E-state index contributed by atoms with van der Waals surface area (Å²) in [6, 6.07) is 3.97. The minimum atomic E-state index is -0.837. The quantitative estimate of drug-likeness (QED) is 0.897. The van der Waals surface area contributed by atoms with E-state index in [1.54, 1.807) is 6.07 Å². The Balaban J connectivity index is 2.38. The molecule has 0 aromatic heterocycles. The lowest BCUT2D eigenvalue weighted by Gasteiger charge is -2.36. The lowest BCUT2D eigenvalue weighted by Crippen LogP contribution is -2.47. The van der Waals surface area contributed by atoms with Gasteiger partial charge in [-0.3, -0.25) is 4.99 Å². The molecule has 1 aliphatic heterocycles. The Bertz CT molecular complexity index is 487. The van der Waals surface area contributed by atoms with Gasteiger partial charge in [-0.25, -0.2) is 8.78 Å². The molecule has 0 radical (unpaired) electrons. The Kier molecular flexibility index (Phi) is 3.24. The largest absolute Gasteiger partial charge is 0.370 e. The van der Waals surface area contributed by atoms with Gasteiger partial charge in [0, 0.05) is 6.54 Å². The Morgan fingerprint density at radius 2 is 2.11 bits per heavy atom. The highest BCUT2D eigenvalue weighted by Crippen LogP contribution is 2.33.